The van der Waals surface area contributed by atoms with Gasteiger partial charge in [0.2, 0.25) is 5.91 Å². The van der Waals surface area contributed by atoms with E-state index in [1.807, 2.05) is 26.0 Å². The lowest BCUT2D eigenvalue weighted by Gasteiger charge is -2.11. The standard InChI is InChI=1S/C24H26N4OS/c1-14-6-7-20(17(4)10-14)25-22(29)8-9-30-24-27-26-21-13-16(3)19-12-15(2)11-18(5)23(19)28(21)24/h6-7,10-13H,8-9H2,1-5H3,(H,25,29). The summed E-state index contributed by atoms with van der Waals surface area (Å²) < 4.78 is 2.11. The van der Waals surface area contributed by atoms with Crippen molar-refractivity contribution in [1.82, 2.24) is 14.6 Å². The first-order chi connectivity index (χ1) is 14.3. The van der Waals surface area contributed by atoms with Gasteiger partial charge in [0.25, 0.3) is 0 Å². The fraction of sp³-hybridized carbons (Fsp3) is 0.292. The number of carbonyl (C=O) groups excluding carboxylic acids is 1. The van der Waals surface area contributed by atoms with Gasteiger partial charge in [-0.2, -0.15) is 0 Å². The van der Waals surface area contributed by atoms with Crippen molar-refractivity contribution < 1.29 is 4.79 Å². The van der Waals surface area contributed by atoms with Crippen LogP contribution in [0.5, 0.6) is 0 Å². The zero-order valence-electron chi connectivity index (χ0n) is 18.0. The van der Waals surface area contributed by atoms with Crippen LogP contribution in [0.15, 0.2) is 41.6 Å². The van der Waals surface area contributed by atoms with Gasteiger partial charge >= 0.3 is 0 Å². The van der Waals surface area contributed by atoms with E-state index in [9.17, 15) is 4.79 Å². The third kappa shape index (κ3) is 3.92. The maximum Gasteiger partial charge on any atom is 0.225 e. The summed E-state index contributed by atoms with van der Waals surface area (Å²) in [6, 6.07) is 12.5. The quantitative estimate of drug-likeness (QED) is 0.432. The van der Waals surface area contributed by atoms with Crippen molar-refractivity contribution in [3.8, 4) is 0 Å². The van der Waals surface area contributed by atoms with E-state index in [1.54, 1.807) is 11.8 Å². The molecule has 5 nitrogen and oxygen atoms in total. The number of amides is 1. The van der Waals surface area contributed by atoms with Crippen molar-refractivity contribution >= 4 is 39.9 Å². The van der Waals surface area contributed by atoms with Crippen LogP contribution in [0.3, 0.4) is 0 Å². The highest BCUT2D eigenvalue weighted by atomic mass is 32.2. The molecule has 0 aliphatic carbocycles. The zero-order chi connectivity index (χ0) is 21.4. The molecule has 1 amide bonds. The van der Waals surface area contributed by atoms with Crippen LogP contribution in [0.4, 0.5) is 5.69 Å². The molecule has 0 aliphatic rings. The van der Waals surface area contributed by atoms with E-state index >= 15 is 0 Å². The monoisotopic (exact) mass is 418 g/mol. The Bertz CT molecular complexity index is 1280. The molecule has 0 unspecified atom stereocenters. The lowest BCUT2D eigenvalue weighted by atomic mass is 10.0. The third-order valence-corrected chi connectivity index (χ3v) is 6.24. The molecule has 2 heterocycles. The highest BCUT2D eigenvalue weighted by Gasteiger charge is 2.14. The summed E-state index contributed by atoms with van der Waals surface area (Å²) in [4.78, 5) is 12.4. The van der Waals surface area contributed by atoms with Crippen LogP contribution in [0, 0.1) is 34.6 Å². The molecule has 4 aromatic rings. The van der Waals surface area contributed by atoms with Gasteiger partial charge in [0.05, 0.1) is 5.52 Å². The number of carbonyl (C=O) groups is 1. The number of anilines is 1. The van der Waals surface area contributed by atoms with Gasteiger partial charge in [-0.1, -0.05) is 41.1 Å². The number of fused-ring (bicyclic) bond motifs is 3. The molecule has 0 atom stereocenters. The second-order valence-electron chi connectivity index (χ2n) is 7.95. The Morgan fingerprint density at radius 1 is 0.933 bits per heavy atom. The summed E-state index contributed by atoms with van der Waals surface area (Å²) in [5.74, 6) is 0.647. The van der Waals surface area contributed by atoms with Crippen molar-refractivity contribution in [2.45, 2.75) is 46.2 Å². The van der Waals surface area contributed by atoms with E-state index in [-0.39, 0.29) is 5.91 Å². The van der Waals surface area contributed by atoms with Gasteiger partial charge < -0.3 is 5.32 Å². The Labute approximate surface area is 180 Å². The van der Waals surface area contributed by atoms with Crippen LogP contribution in [-0.4, -0.2) is 26.3 Å². The maximum atomic E-state index is 12.4. The maximum absolute atomic E-state index is 12.4. The highest BCUT2D eigenvalue weighted by Crippen LogP contribution is 2.29. The van der Waals surface area contributed by atoms with Gasteiger partial charge in [-0.25, -0.2) is 0 Å². The summed E-state index contributed by atoms with van der Waals surface area (Å²) in [5.41, 5.74) is 8.76. The van der Waals surface area contributed by atoms with Gasteiger partial charge in [-0.3, -0.25) is 9.20 Å². The van der Waals surface area contributed by atoms with E-state index in [0.29, 0.717) is 12.2 Å². The summed E-state index contributed by atoms with van der Waals surface area (Å²) in [7, 11) is 0. The normalized spacial score (nSPS) is 11.4. The van der Waals surface area contributed by atoms with Crippen LogP contribution in [-0.2, 0) is 4.79 Å². The van der Waals surface area contributed by atoms with Crippen molar-refractivity contribution in [3.63, 3.8) is 0 Å². The largest absolute Gasteiger partial charge is 0.326 e. The number of nitrogens with zero attached hydrogens (tertiary/aromatic N) is 3. The average molecular weight is 419 g/mol. The fourth-order valence-electron chi connectivity index (χ4n) is 3.91. The van der Waals surface area contributed by atoms with Crippen LogP contribution < -0.4 is 5.32 Å². The van der Waals surface area contributed by atoms with E-state index in [1.165, 1.54) is 27.6 Å². The average Bonchev–Trinajstić information content (AvgIpc) is 3.06. The smallest absolute Gasteiger partial charge is 0.225 e. The Morgan fingerprint density at radius 3 is 2.47 bits per heavy atom. The zero-order valence-corrected chi connectivity index (χ0v) is 18.9. The molecule has 1 N–H and O–H groups in total. The number of aromatic nitrogens is 3. The van der Waals surface area contributed by atoms with E-state index < -0.39 is 0 Å². The first kappa shape index (κ1) is 20.4. The molecule has 30 heavy (non-hydrogen) atoms. The topological polar surface area (TPSA) is 59.3 Å². The molecule has 6 heteroatoms. The molecule has 0 radical (unpaired) electrons. The second-order valence-corrected chi connectivity index (χ2v) is 9.01. The molecule has 2 aromatic heterocycles. The second kappa shape index (κ2) is 8.11. The SMILES string of the molecule is Cc1ccc(NC(=O)CCSc2nnc3cc(C)c4cc(C)cc(C)c4n23)c(C)c1. The van der Waals surface area contributed by atoms with Crippen molar-refractivity contribution in [3.05, 3.63) is 64.2 Å². The lowest BCUT2D eigenvalue weighted by molar-refractivity contribution is -0.115. The minimum Gasteiger partial charge on any atom is -0.326 e. The molecular formula is C24H26N4OS. The van der Waals surface area contributed by atoms with Crippen LogP contribution in [0.2, 0.25) is 0 Å². The van der Waals surface area contributed by atoms with Crippen molar-refractivity contribution in [1.29, 1.82) is 0 Å². The molecule has 0 fully saturated rings. The fourth-order valence-corrected chi connectivity index (χ4v) is 4.79. The van der Waals surface area contributed by atoms with E-state index in [0.717, 1.165) is 27.6 Å². The molecule has 0 saturated heterocycles. The molecule has 0 bridgehead atoms. The molecule has 2 aromatic carbocycles. The number of hydrogen-bond acceptors (Lipinski definition) is 4. The predicted molar refractivity (Wildman–Crippen MR) is 125 cm³/mol. The Kier molecular flexibility index (Phi) is 5.52. The Morgan fingerprint density at radius 2 is 1.70 bits per heavy atom. The number of hydrogen-bond donors (Lipinski definition) is 1. The minimum absolute atomic E-state index is 0.00998. The number of pyridine rings is 1. The Hall–Kier alpha value is -2.86. The van der Waals surface area contributed by atoms with Crippen molar-refractivity contribution in [2.75, 3.05) is 11.1 Å². The molecule has 0 saturated carbocycles. The molecule has 154 valence electrons. The first-order valence-corrected chi connectivity index (χ1v) is 11.1. The predicted octanol–water partition coefficient (Wildman–Crippen LogP) is 5.55. The lowest BCUT2D eigenvalue weighted by Crippen LogP contribution is -2.13. The summed E-state index contributed by atoms with van der Waals surface area (Å²) in [5, 5.41) is 13.8. The van der Waals surface area contributed by atoms with Gasteiger partial charge in [-0.15, -0.1) is 10.2 Å². The number of nitrogens with one attached hydrogen (secondary N) is 1. The van der Waals surface area contributed by atoms with Gasteiger partial charge in [0.15, 0.2) is 10.8 Å². The Balaban J connectivity index is 1.53. The van der Waals surface area contributed by atoms with E-state index in [2.05, 4.69) is 65.0 Å². The van der Waals surface area contributed by atoms with Gasteiger partial charge in [0.1, 0.15) is 0 Å². The number of rotatable bonds is 5. The first-order valence-electron chi connectivity index (χ1n) is 10.1. The van der Waals surface area contributed by atoms with Gasteiger partial charge in [0, 0.05) is 23.2 Å². The molecule has 4 rings (SSSR count). The van der Waals surface area contributed by atoms with E-state index in [4.69, 9.17) is 0 Å². The third-order valence-electron chi connectivity index (χ3n) is 5.31. The van der Waals surface area contributed by atoms with Crippen molar-refractivity contribution in [2.24, 2.45) is 0 Å². The van der Waals surface area contributed by atoms with Gasteiger partial charge in [-0.05, 0) is 69.5 Å². The van der Waals surface area contributed by atoms with Crippen LogP contribution >= 0.6 is 11.8 Å². The highest BCUT2D eigenvalue weighted by molar-refractivity contribution is 7.99. The molecule has 0 aliphatic heterocycles. The number of thioether (sulfide) groups is 1. The van der Waals surface area contributed by atoms with Crippen LogP contribution in [0.25, 0.3) is 16.6 Å². The molecular weight excluding hydrogens is 392 g/mol. The summed E-state index contributed by atoms with van der Waals surface area (Å²) >= 11 is 1.56. The molecule has 0 spiro atoms. The minimum atomic E-state index is 0.00998. The number of aryl methyl sites for hydroxylation is 5. The summed E-state index contributed by atoms with van der Waals surface area (Å²) in [6.07, 6.45) is 0.411. The summed E-state index contributed by atoms with van der Waals surface area (Å²) in [6.45, 7) is 10.4. The number of benzene rings is 2. The van der Waals surface area contributed by atoms with Crippen LogP contribution in [0.1, 0.15) is 34.2 Å².